The summed E-state index contributed by atoms with van der Waals surface area (Å²) in [6.07, 6.45) is 1.14. The Morgan fingerprint density at radius 3 is 2.89 bits per heavy atom. The lowest BCUT2D eigenvalue weighted by Gasteiger charge is -2.22. The minimum absolute atomic E-state index is 0.559. The van der Waals surface area contributed by atoms with Crippen LogP contribution in [0.5, 0.6) is 0 Å². The van der Waals surface area contributed by atoms with Crippen LogP contribution in [0.25, 0.3) is 10.8 Å². The van der Waals surface area contributed by atoms with Crippen LogP contribution >= 0.6 is 0 Å². The maximum Gasteiger partial charge on any atom is 0.194 e. The van der Waals surface area contributed by atoms with Gasteiger partial charge in [0.1, 0.15) is 0 Å². The molecule has 1 fully saturated rings. The lowest BCUT2D eigenvalue weighted by Crippen LogP contribution is -2.40. The molecule has 0 saturated carbocycles. The Kier molecular flexibility index (Phi) is 7.48. The normalized spacial score (nSPS) is 17.6. The van der Waals surface area contributed by atoms with Crippen molar-refractivity contribution in [3.05, 3.63) is 48.0 Å². The van der Waals surface area contributed by atoms with Crippen molar-refractivity contribution in [2.75, 3.05) is 46.6 Å². The zero-order valence-electron chi connectivity index (χ0n) is 16.5. The maximum absolute atomic E-state index is 5.71. The number of nitrogens with one attached hydrogen (secondary N) is 1. The highest BCUT2D eigenvalue weighted by Gasteiger charge is 2.24. The third-order valence-corrected chi connectivity index (χ3v) is 4.98. The Balaban J connectivity index is 1.63. The fourth-order valence-electron chi connectivity index (χ4n) is 3.57. The summed E-state index contributed by atoms with van der Waals surface area (Å²) < 4.78 is 10.7. The molecule has 1 saturated heterocycles. The average molecular weight is 370 g/mol. The molecule has 27 heavy (non-hydrogen) atoms. The van der Waals surface area contributed by atoms with E-state index in [2.05, 4.69) is 59.6 Å². The molecule has 5 nitrogen and oxygen atoms in total. The number of ether oxygens (including phenoxy) is 2. The predicted molar refractivity (Wildman–Crippen MR) is 111 cm³/mol. The number of rotatable bonds is 8. The Morgan fingerprint density at radius 1 is 1.19 bits per heavy atom. The number of likely N-dealkylation sites (tertiary alicyclic amines) is 1. The van der Waals surface area contributed by atoms with Crippen molar-refractivity contribution in [1.29, 1.82) is 0 Å². The highest BCUT2D eigenvalue weighted by atomic mass is 16.5. The van der Waals surface area contributed by atoms with Gasteiger partial charge in [-0.05, 0) is 29.7 Å². The van der Waals surface area contributed by atoms with Crippen molar-refractivity contribution in [2.24, 2.45) is 10.9 Å². The van der Waals surface area contributed by atoms with Crippen LogP contribution in [0.15, 0.2) is 47.5 Å². The molecule has 0 bridgehead atoms. The van der Waals surface area contributed by atoms with E-state index in [1.165, 1.54) is 16.3 Å². The zero-order chi connectivity index (χ0) is 18.9. The first-order chi connectivity index (χ1) is 13.3. The van der Waals surface area contributed by atoms with Gasteiger partial charge in [-0.2, -0.15) is 0 Å². The molecule has 5 heteroatoms. The van der Waals surface area contributed by atoms with Crippen molar-refractivity contribution in [3.8, 4) is 0 Å². The summed E-state index contributed by atoms with van der Waals surface area (Å²) >= 11 is 0. The van der Waals surface area contributed by atoms with E-state index in [1.54, 1.807) is 7.11 Å². The van der Waals surface area contributed by atoms with E-state index in [0.717, 1.165) is 38.6 Å². The zero-order valence-corrected chi connectivity index (χ0v) is 16.5. The summed E-state index contributed by atoms with van der Waals surface area (Å²) in [4.78, 5) is 7.29. The summed E-state index contributed by atoms with van der Waals surface area (Å²) in [5, 5.41) is 6.01. The van der Waals surface area contributed by atoms with Crippen LogP contribution < -0.4 is 5.32 Å². The summed E-state index contributed by atoms with van der Waals surface area (Å²) in [5.41, 5.74) is 1.27. The van der Waals surface area contributed by atoms with E-state index in [4.69, 9.17) is 14.5 Å². The lowest BCUT2D eigenvalue weighted by atomic mass is 10.1. The van der Waals surface area contributed by atoms with Crippen molar-refractivity contribution in [2.45, 2.75) is 19.9 Å². The van der Waals surface area contributed by atoms with Gasteiger partial charge in [-0.3, -0.25) is 0 Å². The summed E-state index contributed by atoms with van der Waals surface area (Å²) in [6, 6.07) is 14.9. The molecule has 1 heterocycles. The first kappa shape index (κ1) is 19.6. The van der Waals surface area contributed by atoms with E-state index in [0.29, 0.717) is 25.7 Å². The molecular weight excluding hydrogens is 338 g/mol. The van der Waals surface area contributed by atoms with Gasteiger partial charge in [-0.15, -0.1) is 0 Å². The molecule has 2 aromatic carbocycles. The van der Waals surface area contributed by atoms with Crippen LogP contribution in [0.3, 0.4) is 0 Å². The number of hydrogen-bond acceptors (Lipinski definition) is 3. The molecule has 1 atom stereocenters. The van der Waals surface area contributed by atoms with Crippen LogP contribution in [0.1, 0.15) is 18.9 Å². The van der Waals surface area contributed by atoms with Gasteiger partial charge in [0.2, 0.25) is 0 Å². The van der Waals surface area contributed by atoms with Gasteiger partial charge in [-0.1, -0.05) is 42.5 Å². The topological polar surface area (TPSA) is 46.1 Å². The standard InChI is InChI=1S/C22H31N3O2/c1-3-23-22(25-12-11-18(16-25)17-27-14-13-26-2)24-15-20-9-6-8-19-7-4-5-10-21(19)20/h4-10,18H,3,11-17H2,1-2H3,(H,23,24). The van der Waals surface area contributed by atoms with Gasteiger partial charge in [-0.25, -0.2) is 4.99 Å². The largest absolute Gasteiger partial charge is 0.382 e. The molecular formula is C22H31N3O2. The van der Waals surface area contributed by atoms with Crippen LogP contribution in [-0.4, -0.2) is 57.4 Å². The third-order valence-electron chi connectivity index (χ3n) is 4.98. The van der Waals surface area contributed by atoms with Crippen molar-refractivity contribution >= 4 is 16.7 Å². The molecule has 1 aliphatic heterocycles. The third kappa shape index (κ3) is 5.44. The van der Waals surface area contributed by atoms with Crippen molar-refractivity contribution in [1.82, 2.24) is 10.2 Å². The summed E-state index contributed by atoms with van der Waals surface area (Å²) in [6.45, 7) is 7.83. The van der Waals surface area contributed by atoms with Crippen molar-refractivity contribution < 1.29 is 9.47 Å². The van der Waals surface area contributed by atoms with E-state index >= 15 is 0 Å². The average Bonchev–Trinajstić information content (AvgIpc) is 3.17. The number of benzene rings is 2. The fraction of sp³-hybridized carbons (Fsp3) is 0.500. The Morgan fingerprint density at radius 2 is 2.04 bits per heavy atom. The van der Waals surface area contributed by atoms with Crippen molar-refractivity contribution in [3.63, 3.8) is 0 Å². The highest BCUT2D eigenvalue weighted by molar-refractivity contribution is 5.86. The second kappa shape index (κ2) is 10.3. The highest BCUT2D eigenvalue weighted by Crippen LogP contribution is 2.20. The van der Waals surface area contributed by atoms with Gasteiger partial charge in [0, 0.05) is 32.7 Å². The number of guanidine groups is 1. The smallest absolute Gasteiger partial charge is 0.194 e. The van der Waals surface area contributed by atoms with E-state index in [9.17, 15) is 0 Å². The van der Waals surface area contributed by atoms with Crippen LogP contribution in [-0.2, 0) is 16.0 Å². The van der Waals surface area contributed by atoms with Crippen LogP contribution in [0.4, 0.5) is 0 Å². The van der Waals surface area contributed by atoms with Gasteiger partial charge >= 0.3 is 0 Å². The second-order valence-electron chi connectivity index (χ2n) is 6.98. The van der Waals surface area contributed by atoms with Crippen LogP contribution in [0, 0.1) is 5.92 Å². The quantitative estimate of drug-likeness (QED) is 0.441. The molecule has 0 amide bonds. The van der Waals surface area contributed by atoms with Gasteiger partial charge in [0.15, 0.2) is 5.96 Å². The number of fused-ring (bicyclic) bond motifs is 1. The summed E-state index contributed by atoms with van der Waals surface area (Å²) in [5.74, 6) is 1.56. The molecule has 146 valence electrons. The fourth-order valence-corrected chi connectivity index (χ4v) is 3.57. The Hall–Kier alpha value is -2.11. The minimum atomic E-state index is 0.559. The van der Waals surface area contributed by atoms with Gasteiger partial charge < -0.3 is 19.7 Å². The molecule has 1 aliphatic rings. The molecule has 0 aliphatic carbocycles. The van der Waals surface area contributed by atoms with Crippen LogP contribution in [0.2, 0.25) is 0 Å². The monoisotopic (exact) mass is 369 g/mol. The Bertz CT molecular complexity index is 742. The number of hydrogen-bond donors (Lipinski definition) is 1. The lowest BCUT2D eigenvalue weighted by molar-refractivity contribution is 0.0536. The predicted octanol–water partition coefficient (Wildman–Crippen LogP) is 3.29. The number of methoxy groups -OCH3 is 1. The van der Waals surface area contributed by atoms with E-state index < -0.39 is 0 Å². The Labute approximate surface area is 162 Å². The second-order valence-corrected chi connectivity index (χ2v) is 6.98. The van der Waals surface area contributed by atoms with Gasteiger partial charge in [0.05, 0.1) is 26.4 Å². The molecule has 2 aromatic rings. The SMILES string of the molecule is CCNC(=NCc1cccc2ccccc12)N1CCC(COCCOC)C1. The molecule has 3 rings (SSSR count). The molecule has 0 aromatic heterocycles. The molecule has 1 unspecified atom stereocenters. The first-order valence-electron chi connectivity index (χ1n) is 9.88. The number of aliphatic imine (C=N–C) groups is 1. The molecule has 1 N–H and O–H groups in total. The minimum Gasteiger partial charge on any atom is -0.382 e. The van der Waals surface area contributed by atoms with E-state index in [-0.39, 0.29) is 0 Å². The van der Waals surface area contributed by atoms with E-state index in [1.807, 2.05) is 0 Å². The number of nitrogens with zero attached hydrogens (tertiary/aromatic N) is 2. The first-order valence-corrected chi connectivity index (χ1v) is 9.88. The van der Waals surface area contributed by atoms with Gasteiger partial charge in [0.25, 0.3) is 0 Å². The molecule has 0 spiro atoms. The molecule has 0 radical (unpaired) electrons. The maximum atomic E-state index is 5.71. The summed E-state index contributed by atoms with van der Waals surface area (Å²) in [7, 11) is 1.70.